The molecule has 3 rings (SSSR count). The third-order valence-electron chi connectivity index (χ3n) is 4.61. The first kappa shape index (κ1) is 25.3. The summed E-state index contributed by atoms with van der Waals surface area (Å²) in [6.07, 6.45) is 2.68. The van der Waals surface area contributed by atoms with Crippen molar-refractivity contribution in [2.24, 2.45) is 4.99 Å². The van der Waals surface area contributed by atoms with Gasteiger partial charge in [-0.1, -0.05) is 24.3 Å². The van der Waals surface area contributed by atoms with Crippen molar-refractivity contribution < 1.29 is 14.2 Å². The number of pyridine rings is 1. The Morgan fingerprint density at radius 2 is 1.59 bits per heavy atom. The molecule has 7 nitrogen and oxygen atoms in total. The van der Waals surface area contributed by atoms with Crippen molar-refractivity contribution in [3.8, 4) is 23.1 Å². The monoisotopic (exact) mass is 548 g/mol. The largest absolute Gasteiger partial charge is 0.497 e. The van der Waals surface area contributed by atoms with E-state index in [1.165, 1.54) is 5.56 Å². The average molecular weight is 548 g/mol. The maximum Gasteiger partial charge on any atom is 0.219 e. The summed E-state index contributed by atoms with van der Waals surface area (Å²) in [6, 6.07) is 19.3. The minimum atomic E-state index is 0. The molecule has 8 heteroatoms. The molecule has 0 bridgehead atoms. The van der Waals surface area contributed by atoms with Gasteiger partial charge in [-0.05, 0) is 41.8 Å². The van der Waals surface area contributed by atoms with Gasteiger partial charge in [0.2, 0.25) is 5.88 Å². The zero-order valence-electron chi connectivity index (χ0n) is 18.5. The van der Waals surface area contributed by atoms with E-state index in [2.05, 4.69) is 32.7 Å². The maximum atomic E-state index is 5.78. The molecule has 1 aromatic heterocycles. The lowest BCUT2D eigenvalue weighted by Crippen LogP contribution is -2.37. The molecular weight excluding hydrogens is 519 g/mol. The van der Waals surface area contributed by atoms with Crippen molar-refractivity contribution in [1.82, 2.24) is 15.6 Å². The first-order chi connectivity index (χ1) is 15.2. The molecule has 0 aliphatic heterocycles. The smallest absolute Gasteiger partial charge is 0.219 e. The number of halogens is 1. The van der Waals surface area contributed by atoms with Gasteiger partial charge in [0.05, 0.1) is 14.2 Å². The molecular formula is C24H29IN4O3. The van der Waals surface area contributed by atoms with Gasteiger partial charge in [0.15, 0.2) is 5.96 Å². The zero-order valence-corrected chi connectivity index (χ0v) is 20.8. The summed E-state index contributed by atoms with van der Waals surface area (Å²) in [5, 5.41) is 6.62. The Kier molecular flexibility index (Phi) is 10.6. The molecule has 0 fully saturated rings. The topological polar surface area (TPSA) is 77.0 Å². The Hall–Kier alpha value is -3.01. The summed E-state index contributed by atoms with van der Waals surface area (Å²) in [7, 11) is 5.05. The van der Waals surface area contributed by atoms with Gasteiger partial charge in [0, 0.05) is 38.5 Å². The number of guanidine groups is 1. The first-order valence-corrected chi connectivity index (χ1v) is 10.0. The highest BCUT2D eigenvalue weighted by Gasteiger charge is 2.03. The van der Waals surface area contributed by atoms with Crippen LogP contribution in [-0.2, 0) is 13.0 Å². The van der Waals surface area contributed by atoms with E-state index in [1.54, 1.807) is 27.5 Å². The highest BCUT2D eigenvalue weighted by atomic mass is 127. The third-order valence-corrected chi connectivity index (χ3v) is 4.61. The molecule has 0 aliphatic carbocycles. The summed E-state index contributed by atoms with van der Waals surface area (Å²) in [4.78, 5) is 8.64. The second-order valence-electron chi connectivity index (χ2n) is 6.74. The van der Waals surface area contributed by atoms with Crippen LogP contribution in [0.4, 0.5) is 0 Å². The number of nitrogens with zero attached hydrogens (tertiary/aromatic N) is 2. The predicted octanol–water partition coefficient (Wildman–Crippen LogP) is 4.42. The second kappa shape index (κ2) is 13.4. The van der Waals surface area contributed by atoms with Gasteiger partial charge in [-0.25, -0.2) is 4.98 Å². The minimum Gasteiger partial charge on any atom is -0.497 e. The van der Waals surface area contributed by atoms with Crippen LogP contribution in [0.15, 0.2) is 71.9 Å². The Bertz CT molecular complexity index is 979. The molecule has 2 aromatic carbocycles. The van der Waals surface area contributed by atoms with Crippen LogP contribution in [0.25, 0.3) is 0 Å². The van der Waals surface area contributed by atoms with Gasteiger partial charge >= 0.3 is 0 Å². The van der Waals surface area contributed by atoms with Gasteiger partial charge in [0.1, 0.15) is 17.2 Å². The van der Waals surface area contributed by atoms with Crippen molar-refractivity contribution in [2.45, 2.75) is 13.0 Å². The van der Waals surface area contributed by atoms with E-state index >= 15 is 0 Å². The van der Waals surface area contributed by atoms with Crippen molar-refractivity contribution in [3.05, 3.63) is 78.0 Å². The number of hydrogen-bond acceptors (Lipinski definition) is 5. The summed E-state index contributed by atoms with van der Waals surface area (Å²) in [6.45, 7) is 1.38. The molecule has 0 saturated heterocycles. The van der Waals surface area contributed by atoms with Gasteiger partial charge in [0.25, 0.3) is 0 Å². The van der Waals surface area contributed by atoms with Gasteiger partial charge in [-0.2, -0.15) is 0 Å². The second-order valence-corrected chi connectivity index (χ2v) is 6.74. The van der Waals surface area contributed by atoms with E-state index in [-0.39, 0.29) is 24.0 Å². The fourth-order valence-electron chi connectivity index (χ4n) is 2.89. The van der Waals surface area contributed by atoms with Crippen LogP contribution in [0, 0.1) is 0 Å². The average Bonchev–Trinajstić information content (AvgIpc) is 2.82. The fourth-order valence-corrected chi connectivity index (χ4v) is 2.89. The molecule has 0 radical (unpaired) electrons. The van der Waals surface area contributed by atoms with E-state index in [4.69, 9.17) is 14.2 Å². The molecule has 0 saturated carbocycles. The zero-order chi connectivity index (χ0) is 21.9. The van der Waals surface area contributed by atoms with Crippen molar-refractivity contribution >= 4 is 29.9 Å². The molecule has 0 aliphatic rings. The van der Waals surface area contributed by atoms with Crippen molar-refractivity contribution in [2.75, 3.05) is 27.8 Å². The summed E-state index contributed by atoms with van der Waals surface area (Å²) in [5.41, 5.74) is 2.26. The SMILES string of the molecule is CN=C(NCCc1ccc(OC)cc1)NCc1ccc(Oc2cccc(OC)c2)nc1.I. The van der Waals surface area contributed by atoms with Crippen LogP contribution in [0.2, 0.25) is 0 Å². The molecule has 32 heavy (non-hydrogen) atoms. The number of methoxy groups -OCH3 is 2. The maximum absolute atomic E-state index is 5.78. The van der Waals surface area contributed by atoms with Crippen LogP contribution >= 0.6 is 24.0 Å². The minimum absolute atomic E-state index is 0. The van der Waals surface area contributed by atoms with Crippen LogP contribution < -0.4 is 24.8 Å². The highest BCUT2D eigenvalue weighted by molar-refractivity contribution is 14.0. The summed E-state index contributed by atoms with van der Waals surface area (Å²) in [5.74, 6) is 3.55. The highest BCUT2D eigenvalue weighted by Crippen LogP contribution is 2.23. The number of aliphatic imine (C=N–C) groups is 1. The normalized spacial score (nSPS) is 10.7. The molecule has 2 N–H and O–H groups in total. The van der Waals surface area contributed by atoms with E-state index in [0.29, 0.717) is 18.2 Å². The Morgan fingerprint density at radius 1 is 0.875 bits per heavy atom. The Labute approximate surface area is 206 Å². The van der Waals surface area contributed by atoms with E-state index in [1.807, 2.05) is 48.5 Å². The molecule has 170 valence electrons. The number of rotatable bonds is 9. The molecule has 0 unspecified atom stereocenters. The standard InChI is InChI=1S/C24H28N4O3.HI/c1-25-24(26-14-13-18-7-10-20(29-2)11-8-18)28-17-19-9-12-23(27-16-19)31-22-6-4-5-21(15-22)30-3;/h4-12,15-16H,13-14,17H2,1-3H3,(H2,25,26,28);1H. The molecule has 1 heterocycles. The van der Waals surface area contributed by atoms with E-state index < -0.39 is 0 Å². The van der Waals surface area contributed by atoms with Gasteiger partial charge in [-0.3, -0.25) is 4.99 Å². The lowest BCUT2D eigenvalue weighted by atomic mass is 10.1. The molecule has 0 atom stereocenters. The third kappa shape index (κ3) is 7.92. The number of aromatic nitrogens is 1. The number of ether oxygens (including phenoxy) is 3. The number of benzene rings is 2. The van der Waals surface area contributed by atoms with Gasteiger partial charge < -0.3 is 24.8 Å². The fraction of sp³-hybridized carbons (Fsp3) is 0.250. The Balaban J connectivity index is 0.00000363. The van der Waals surface area contributed by atoms with Gasteiger partial charge in [-0.15, -0.1) is 24.0 Å². The van der Waals surface area contributed by atoms with Crippen LogP contribution in [-0.4, -0.2) is 38.8 Å². The quantitative estimate of drug-likeness (QED) is 0.234. The van der Waals surface area contributed by atoms with Crippen LogP contribution in [0.1, 0.15) is 11.1 Å². The predicted molar refractivity (Wildman–Crippen MR) is 138 cm³/mol. The first-order valence-electron chi connectivity index (χ1n) is 10.0. The number of hydrogen-bond donors (Lipinski definition) is 2. The molecule has 3 aromatic rings. The van der Waals surface area contributed by atoms with E-state index in [0.717, 1.165) is 36.0 Å². The number of nitrogens with one attached hydrogen (secondary N) is 2. The summed E-state index contributed by atoms with van der Waals surface area (Å²) >= 11 is 0. The Morgan fingerprint density at radius 3 is 2.25 bits per heavy atom. The summed E-state index contributed by atoms with van der Waals surface area (Å²) < 4.78 is 16.2. The lowest BCUT2D eigenvalue weighted by Gasteiger charge is -2.12. The van der Waals surface area contributed by atoms with Crippen molar-refractivity contribution in [3.63, 3.8) is 0 Å². The van der Waals surface area contributed by atoms with Crippen LogP contribution in [0.5, 0.6) is 23.1 Å². The van der Waals surface area contributed by atoms with Crippen LogP contribution in [0.3, 0.4) is 0 Å². The van der Waals surface area contributed by atoms with E-state index in [9.17, 15) is 0 Å². The molecule has 0 spiro atoms. The lowest BCUT2D eigenvalue weighted by molar-refractivity contribution is 0.407. The van der Waals surface area contributed by atoms with Crippen molar-refractivity contribution in [1.29, 1.82) is 0 Å². The molecule has 0 amide bonds.